The summed E-state index contributed by atoms with van der Waals surface area (Å²) in [6.07, 6.45) is -6.48. The molecule has 3 aromatic rings. The van der Waals surface area contributed by atoms with Crippen LogP contribution in [-0.4, -0.2) is 81.5 Å². The lowest BCUT2D eigenvalue weighted by atomic mass is 10.1. The first-order valence-electron chi connectivity index (χ1n) is 10.7. The molecule has 4 N–H and O–H groups in total. The van der Waals surface area contributed by atoms with Crippen molar-refractivity contribution in [2.24, 2.45) is 0 Å². The number of amides is 1. The normalized spacial score (nSPS) is 13.6. The number of nitrogen functional groups attached to an aromatic ring is 1. The summed E-state index contributed by atoms with van der Waals surface area (Å²) in [7, 11) is 0. The van der Waals surface area contributed by atoms with Crippen LogP contribution in [0.25, 0.3) is 10.2 Å². The van der Waals surface area contributed by atoms with E-state index in [2.05, 4.69) is 21.8 Å². The van der Waals surface area contributed by atoms with Gasteiger partial charge in [-0.3, -0.25) is 9.78 Å². The number of aliphatic carboxylic acids is 2. The molecule has 0 spiro atoms. The number of carboxylic acid groups (broad SMARTS) is 2. The van der Waals surface area contributed by atoms with Gasteiger partial charge in [0.25, 0.3) is 5.91 Å². The van der Waals surface area contributed by atoms with E-state index in [1.807, 2.05) is 41.6 Å². The van der Waals surface area contributed by atoms with Crippen molar-refractivity contribution < 1.29 is 50.9 Å². The molecule has 0 aliphatic carbocycles. The van der Waals surface area contributed by atoms with Gasteiger partial charge >= 0.3 is 24.3 Å². The van der Waals surface area contributed by atoms with Crippen LogP contribution >= 0.6 is 11.3 Å². The molecular formula is C22H21F6N5O5S. The molecule has 17 heteroatoms. The van der Waals surface area contributed by atoms with Crippen molar-refractivity contribution in [3.63, 3.8) is 0 Å². The maximum absolute atomic E-state index is 12.8. The first-order valence-corrected chi connectivity index (χ1v) is 11.5. The molecule has 0 unspecified atom stereocenters. The predicted molar refractivity (Wildman–Crippen MR) is 129 cm³/mol. The van der Waals surface area contributed by atoms with Gasteiger partial charge in [-0.05, 0) is 36.8 Å². The molecule has 1 aromatic carbocycles. The Balaban J connectivity index is 0.000000317. The fourth-order valence-corrected chi connectivity index (χ4v) is 3.95. The Morgan fingerprint density at radius 2 is 1.49 bits per heavy atom. The van der Waals surface area contributed by atoms with Crippen LogP contribution in [0.5, 0.6) is 0 Å². The third-order valence-electron chi connectivity index (χ3n) is 5.03. The van der Waals surface area contributed by atoms with Crippen LogP contribution in [0, 0.1) is 6.92 Å². The van der Waals surface area contributed by atoms with E-state index in [1.54, 1.807) is 0 Å². The molecule has 0 radical (unpaired) electrons. The minimum atomic E-state index is -5.08. The van der Waals surface area contributed by atoms with Crippen molar-refractivity contribution in [3.05, 3.63) is 47.8 Å². The van der Waals surface area contributed by atoms with Gasteiger partial charge in [-0.25, -0.2) is 14.6 Å². The minimum Gasteiger partial charge on any atom is -0.475 e. The first-order chi connectivity index (χ1) is 18.0. The maximum atomic E-state index is 12.8. The van der Waals surface area contributed by atoms with E-state index in [1.165, 1.54) is 17.0 Å². The summed E-state index contributed by atoms with van der Waals surface area (Å²) in [5.41, 5.74) is 9.56. The van der Waals surface area contributed by atoms with Crippen LogP contribution in [0.15, 0.2) is 36.7 Å². The summed E-state index contributed by atoms with van der Waals surface area (Å²) in [4.78, 5) is 43.2. The second-order valence-corrected chi connectivity index (χ2v) is 8.84. The molecule has 1 amide bonds. The number of nitrogens with zero attached hydrogens (tertiary/aromatic N) is 4. The summed E-state index contributed by atoms with van der Waals surface area (Å²) < 4.78 is 64.5. The van der Waals surface area contributed by atoms with Gasteiger partial charge in [0, 0.05) is 49.8 Å². The topological polar surface area (TPSA) is 150 Å². The van der Waals surface area contributed by atoms with Crippen molar-refractivity contribution in [3.8, 4) is 0 Å². The van der Waals surface area contributed by atoms with Gasteiger partial charge in [0.1, 0.15) is 0 Å². The molecule has 39 heavy (non-hydrogen) atoms. The zero-order valence-corrected chi connectivity index (χ0v) is 20.8. The van der Waals surface area contributed by atoms with Crippen molar-refractivity contribution in [2.45, 2.75) is 19.3 Å². The molecule has 212 valence electrons. The van der Waals surface area contributed by atoms with Gasteiger partial charge in [0.05, 0.1) is 10.2 Å². The Morgan fingerprint density at radius 1 is 0.949 bits per heavy atom. The number of anilines is 2. The molecule has 3 heterocycles. The molecule has 1 saturated heterocycles. The number of piperazine rings is 1. The van der Waals surface area contributed by atoms with E-state index in [0.29, 0.717) is 23.8 Å². The van der Waals surface area contributed by atoms with Gasteiger partial charge in [0.2, 0.25) is 0 Å². The number of rotatable bonds is 2. The molecule has 0 saturated carbocycles. The Morgan fingerprint density at radius 3 is 1.97 bits per heavy atom. The summed E-state index contributed by atoms with van der Waals surface area (Å²) in [6, 6.07) is 7.66. The molecule has 1 aliphatic heterocycles. The van der Waals surface area contributed by atoms with Crippen molar-refractivity contribution in [1.29, 1.82) is 0 Å². The number of carboxylic acids is 2. The third-order valence-corrected chi connectivity index (χ3v) is 5.90. The molecule has 1 aliphatic rings. The SMILES string of the molecule is Cc1cnccc1N1CCN(C(=O)c2ccc3sc(N)nc3c2)CC1.O=C(O)C(F)(F)F.O=C(O)C(F)(F)F. The average molecular weight is 581 g/mol. The van der Waals surface area contributed by atoms with Crippen LogP contribution < -0.4 is 10.6 Å². The van der Waals surface area contributed by atoms with Gasteiger partial charge in [-0.2, -0.15) is 26.3 Å². The number of hydrogen-bond acceptors (Lipinski definition) is 8. The van der Waals surface area contributed by atoms with E-state index in [0.717, 1.165) is 28.9 Å². The highest BCUT2D eigenvalue weighted by Crippen LogP contribution is 2.26. The molecule has 10 nitrogen and oxygen atoms in total. The highest BCUT2D eigenvalue weighted by Gasteiger charge is 2.38. The number of carbonyl (C=O) groups is 3. The Kier molecular flexibility index (Phi) is 10.0. The molecule has 0 bridgehead atoms. The van der Waals surface area contributed by atoms with Crippen LogP contribution in [0.2, 0.25) is 0 Å². The summed E-state index contributed by atoms with van der Waals surface area (Å²) in [6.45, 7) is 5.12. The third kappa shape index (κ3) is 8.98. The second kappa shape index (κ2) is 12.6. The summed E-state index contributed by atoms with van der Waals surface area (Å²) in [5, 5.41) is 14.8. The quantitative estimate of drug-likeness (QED) is 0.384. The fourth-order valence-electron chi connectivity index (χ4n) is 3.23. The number of carbonyl (C=O) groups excluding carboxylic acids is 1. The average Bonchev–Trinajstić information content (AvgIpc) is 3.23. The standard InChI is InChI=1S/C18H19N5OS.2C2HF3O2/c1-12-11-20-5-4-15(12)22-6-8-23(9-7-22)17(24)13-2-3-16-14(10-13)21-18(19)25-16;2*3-2(4,5)1(6)7/h2-5,10-11H,6-9H2,1H3,(H2,19,21);2*(H,6,7). The van der Waals surface area contributed by atoms with Gasteiger partial charge in [-0.1, -0.05) is 11.3 Å². The molecular weight excluding hydrogens is 560 g/mol. The number of nitrogens with two attached hydrogens (primary N) is 1. The van der Waals surface area contributed by atoms with Crippen LogP contribution in [0.3, 0.4) is 0 Å². The summed E-state index contributed by atoms with van der Waals surface area (Å²) in [5.74, 6) is -5.46. The lowest BCUT2D eigenvalue weighted by Crippen LogP contribution is -2.49. The van der Waals surface area contributed by atoms with E-state index in [-0.39, 0.29) is 5.91 Å². The Labute approximate surface area is 220 Å². The fraction of sp³-hybridized carbons (Fsp3) is 0.318. The zero-order valence-electron chi connectivity index (χ0n) is 20.0. The van der Waals surface area contributed by atoms with E-state index >= 15 is 0 Å². The van der Waals surface area contributed by atoms with E-state index < -0.39 is 24.3 Å². The monoisotopic (exact) mass is 581 g/mol. The largest absolute Gasteiger partial charge is 0.490 e. The zero-order chi connectivity index (χ0) is 29.5. The van der Waals surface area contributed by atoms with Gasteiger partial charge < -0.3 is 25.7 Å². The number of fused-ring (bicyclic) bond motifs is 1. The van der Waals surface area contributed by atoms with Crippen molar-refractivity contribution >= 4 is 50.2 Å². The molecule has 1 fully saturated rings. The number of alkyl halides is 6. The second-order valence-electron chi connectivity index (χ2n) is 7.78. The van der Waals surface area contributed by atoms with E-state index in [4.69, 9.17) is 25.5 Å². The molecule has 4 rings (SSSR count). The number of pyridine rings is 1. The highest BCUT2D eigenvalue weighted by atomic mass is 32.1. The smallest absolute Gasteiger partial charge is 0.475 e. The molecule has 2 aromatic heterocycles. The number of hydrogen-bond donors (Lipinski definition) is 3. The minimum absolute atomic E-state index is 0.0552. The number of benzene rings is 1. The van der Waals surface area contributed by atoms with Crippen molar-refractivity contribution in [2.75, 3.05) is 36.8 Å². The van der Waals surface area contributed by atoms with Gasteiger partial charge in [0.15, 0.2) is 5.13 Å². The predicted octanol–water partition coefficient (Wildman–Crippen LogP) is 3.81. The highest BCUT2D eigenvalue weighted by molar-refractivity contribution is 7.22. The van der Waals surface area contributed by atoms with Gasteiger partial charge in [-0.15, -0.1) is 0 Å². The van der Waals surface area contributed by atoms with Crippen LogP contribution in [0.1, 0.15) is 15.9 Å². The Bertz CT molecular complexity index is 1300. The Hall–Kier alpha value is -4.15. The lowest BCUT2D eigenvalue weighted by Gasteiger charge is -2.36. The van der Waals surface area contributed by atoms with Crippen molar-refractivity contribution in [1.82, 2.24) is 14.9 Å². The number of halogens is 6. The number of thiazole rings is 1. The molecule has 0 atom stereocenters. The van der Waals surface area contributed by atoms with Crippen LogP contribution in [0.4, 0.5) is 37.2 Å². The maximum Gasteiger partial charge on any atom is 0.490 e. The number of aromatic nitrogens is 2. The number of aryl methyl sites for hydroxylation is 1. The summed E-state index contributed by atoms with van der Waals surface area (Å²) >= 11 is 1.44. The van der Waals surface area contributed by atoms with E-state index in [9.17, 15) is 31.1 Å². The van der Waals surface area contributed by atoms with Crippen LogP contribution in [-0.2, 0) is 9.59 Å². The lowest BCUT2D eigenvalue weighted by molar-refractivity contribution is -0.193. The first kappa shape index (κ1) is 31.1.